The first-order valence-corrected chi connectivity index (χ1v) is 11.6. The van der Waals surface area contributed by atoms with Crippen molar-refractivity contribution in [3.8, 4) is 11.4 Å². The summed E-state index contributed by atoms with van der Waals surface area (Å²) in [5.74, 6) is -0.846. The Labute approximate surface area is 219 Å². The van der Waals surface area contributed by atoms with Gasteiger partial charge in [-0.05, 0) is 61.0 Å². The highest BCUT2D eigenvalue weighted by Crippen LogP contribution is 2.31. The Bertz CT molecular complexity index is 1710. The molecule has 3 aromatic carbocycles. The lowest BCUT2D eigenvalue weighted by Crippen LogP contribution is -2.13. The summed E-state index contributed by atoms with van der Waals surface area (Å²) in [6.07, 6.45) is -2.83. The number of fused-ring (bicyclic) bond motifs is 1. The van der Waals surface area contributed by atoms with Crippen molar-refractivity contribution in [3.63, 3.8) is 0 Å². The number of hydrogen-bond acceptors (Lipinski definition) is 5. The van der Waals surface area contributed by atoms with E-state index in [1.807, 2.05) is 6.92 Å². The van der Waals surface area contributed by atoms with Crippen LogP contribution in [0.3, 0.4) is 0 Å². The number of anilines is 3. The van der Waals surface area contributed by atoms with E-state index in [0.29, 0.717) is 33.9 Å². The van der Waals surface area contributed by atoms with Crippen LogP contribution in [-0.4, -0.2) is 31.9 Å². The van der Waals surface area contributed by atoms with Gasteiger partial charge in [0.25, 0.3) is 5.91 Å². The molecule has 196 valence electrons. The monoisotopic (exact) mass is 531 g/mol. The zero-order chi connectivity index (χ0) is 27.7. The molecule has 5 rings (SSSR count). The topological polar surface area (TPSA) is 120 Å². The fourth-order valence-electron chi connectivity index (χ4n) is 3.93. The number of rotatable bonds is 6. The zero-order valence-electron chi connectivity index (χ0n) is 20.3. The van der Waals surface area contributed by atoms with Gasteiger partial charge in [-0.3, -0.25) is 4.79 Å². The van der Waals surface area contributed by atoms with Crippen LogP contribution in [-0.2, 0) is 6.18 Å². The van der Waals surface area contributed by atoms with Gasteiger partial charge in [0.05, 0.1) is 16.6 Å². The summed E-state index contributed by atoms with van der Waals surface area (Å²) in [4.78, 5) is 36.3. The fourth-order valence-corrected chi connectivity index (χ4v) is 3.93. The van der Waals surface area contributed by atoms with Crippen LogP contribution in [0.4, 0.5) is 30.4 Å². The number of nitrogens with one attached hydrogen (secondary N) is 3. The maximum absolute atomic E-state index is 13.0. The van der Waals surface area contributed by atoms with Gasteiger partial charge in [0.15, 0.2) is 11.6 Å². The quantitative estimate of drug-likeness (QED) is 0.195. The molecule has 2 heterocycles. The molecule has 0 saturated carbocycles. The number of aromatic amines is 1. The van der Waals surface area contributed by atoms with Crippen LogP contribution in [0.2, 0.25) is 0 Å². The number of carboxylic acid groups (broad SMARTS) is 1. The molecule has 0 aliphatic carbocycles. The number of hydrogen-bond donors (Lipinski definition) is 4. The maximum Gasteiger partial charge on any atom is 0.416 e. The number of halogens is 3. The normalized spacial score (nSPS) is 11.4. The van der Waals surface area contributed by atoms with Gasteiger partial charge in [-0.25, -0.2) is 14.8 Å². The van der Waals surface area contributed by atoms with Crippen molar-refractivity contribution in [3.05, 3.63) is 101 Å². The molecule has 8 nitrogen and oxygen atoms in total. The molecule has 5 aromatic rings. The standard InChI is InChI=1S/C28H20F3N5O3/c1-15-5-6-18(26(37)33-20-4-2-3-19(14-20)28(29,30)31)13-22(15)35-25-23-21(11-12-32-23)34-24(36-25)16-7-9-17(10-8-16)27(38)39/h2-14,32H,1H3,(H,33,37)(H,38,39)(H,34,35,36). The van der Waals surface area contributed by atoms with Crippen molar-refractivity contribution in [2.45, 2.75) is 13.1 Å². The van der Waals surface area contributed by atoms with Crippen LogP contribution in [0.25, 0.3) is 22.4 Å². The summed E-state index contributed by atoms with van der Waals surface area (Å²) in [5.41, 5.74) is 2.69. The molecule has 0 atom stereocenters. The number of amides is 1. The predicted molar refractivity (Wildman–Crippen MR) is 140 cm³/mol. The van der Waals surface area contributed by atoms with Crippen molar-refractivity contribution in [1.29, 1.82) is 0 Å². The second-order valence-corrected chi connectivity index (χ2v) is 8.70. The Morgan fingerprint density at radius 3 is 2.38 bits per heavy atom. The average molecular weight is 531 g/mol. The Morgan fingerprint density at radius 2 is 1.67 bits per heavy atom. The third-order valence-corrected chi connectivity index (χ3v) is 6.00. The molecule has 0 bridgehead atoms. The summed E-state index contributed by atoms with van der Waals surface area (Å²) in [7, 11) is 0. The first-order valence-electron chi connectivity index (χ1n) is 11.6. The van der Waals surface area contributed by atoms with E-state index in [1.165, 1.54) is 24.3 Å². The molecule has 0 saturated heterocycles. The highest BCUT2D eigenvalue weighted by Gasteiger charge is 2.30. The first kappa shape index (κ1) is 25.5. The van der Waals surface area contributed by atoms with E-state index in [4.69, 9.17) is 5.11 Å². The van der Waals surface area contributed by atoms with Crippen LogP contribution in [0, 0.1) is 6.92 Å². The summed E-state index contributed by atoms with van der Waals surface area (Å²) < 4.78 is 39.1. The molecular formula is C28H20F3N5O3. The third-order valence-electron chi connectivity index (χ3n) is 6.00. The summed E-state index contributed by atoms with van der Waals surface area (Å²) in [6, 6.07) is 17.2. The number of carboxylic acids is 1. The van der Waals surface area contributed by atoms with E-state index < -0.39 is 23.6 Å². The number of aromatic carboxylic acids is 1. The van der Waals surface area contributed by atoms with Crippen LogP contribution in [0.5, 0.6) is 0 Å². The van der Waals surface area contributed by atoms with Crippen molar-refractivity contribution >= 4 is 40.1 Å². The summed E-state index contributed by atoms with van der Waals surface area (Å²) >= 11 is 0. The van der Waals surface area contributed by atoms with Gasteiger partial charge in [0.2, 0.25) is 0 Å². The summed E-state index contributed by atoms with van der Waals surface area (Å²) in [6.45, 7) is 1.83. The van der Waals surface area contributed by atoms with Crippen molar-refractivity contribution < 1.29 is 27.9 Å². The van der Waals surface area contributed by atoms with E-state index >= 15 is 0 Å². The maximum atomic E-state index is 13.0. The number of H-pyrrole nitrogens is 1. The van der Waals surface area contributed by atoms with Crippen molar-refractivity contribution in [1.82, 2.24) is 15.0 Å². The molecule has 11 heteroatoms. The number of benzene rings is 3. The third kappa shape index (κ3) is 5.42. The second kappa shape index (κ2) is 9.93. The fraction of sp³-hybridized carbons (Fsp3) is 0.0714. The molecule has 4 N–H and O–H groups in total. The van der Waals surface area contributed by atoms with Crippen LogP contribution in [0.1, 0.15) is 31.8 Å². The van der Waals surface area contributed by atoms with E-state index in [0.717, 1.165) is 17.7 Å². The lowest BCUT2D eigenvalue weighted by atomic mass is 10.1. The molecule has 0 unspecified atom stereocenters. The van der Waals surface area contributed by atoms with Crippen LogP contribution in [0.15, 0.2) is 79.0 Å². The van der Waals surface area contributed by atoms with E-state index in [-0.39, 0.29) is 16.8 Å². The minimum atomic E-state index is -4.53. The number of nitrogens with zero attached hydrogens (tertiary/aromatic N) is 2. The van der Waals surface area contributed by atoms with Gasteiger partial charge in [-0.1, -0.05) is 24.3 Å². The smallest absolute Gasteiger partial charge is 0.416 e. The minimum absolute atomic E-state index is 0.0207. The minimum Gasteiger partial charge on any atom is -0.478 e. The van der Waals surface area contributed by atoms with Gasteiger partial charge in [-0.2, -0.15) is 13.2 Å². The Hall–Kier alpha value is -5.19. The van der Waals surface area contributed by atoms with Crippen molar-refractivity contribution in [2.75, 3.05) is 10.6 Å². The molecule has 0 aliphatic heterocycles. The van der Waals surface area contributed by atoms with E-state index in [2.05, 4.69) is 25.6 Å². The molecule has 0 spiro atoms. The first-order chi connectivity index (χ1) is 18.6. The highest BCUT2D eigenvalue weighted by molar-refractivity contribution is 6.05. The van der Waals surface area contributed by atoms with Gasteiger partial charge >= 0.3 is 12.1 Å². The predicted octanol–water partition coefficient (Wildman–Crippen LogP) is 6.65. The van der Waals surface area contributed by atoms with Crippen molar-refractivity contribution in [2.24, 2.45) is 0 Å². The van der Waals surface area contributed by atoms with Crippen LogP contribution < -0.4 is 10.6 Å². The summed E-state index contributed by atoms with van der Waals surface area (Å²) in [5, 5.41) is 14.9. The molecular weight excluding hydrogens is 511 g/mol. The number of carbonyl (C=O) groups is 2. The number of aryl methyl sites for hydroxylation is 1. The van der Waals surface area contributed by atoms with Gasteiger partial charge in [0.1, 0.15) is 5.52 Å². The molecule has 0 fully saturated rings. The second-order valence-electron chi connectivity index (χ2n) is 8.70. The number of carbonyl (C=O) groups excluding carboxylic acids is 1. The zero-order valence-corrected chi connectivity index (χ0v) is 20.3. The number of aromatic nitrogens is 3. The lowest BCUT2D eigenvalue weighted by molar-refractivity contribution is -0.137. The van der Waals surface area contributed by atoms with Gasteiger partial charge in [-0.15, -0.1) is 0 Å². The van der Waals surface area contributed by atoms with Gasteiger partial charge < -0.3 is 20.7 Å². The van der Waals surface area contributed by atoms with E-state index in [9.17, 15) is 22.8 Å². The number of alkyl halides is 3. The Balaban J connectivity index is 1.44. The van der Waals surface area contributed by atoms with E-state index in [1.54, 1.807) is 42.6 Å². The SMILES string of the molecule is Cc1ccc(C(=O)Nc2cccc(C(F)(F)F)c2)cc1Nc1nc(-c2ccc(C(=O)O)cc2)nc2cc[nH]c12. The van der Waals surface area contributed by atoms with Crippen LogP contribution >= 0.6 is 0 Å². The van der Waals surface area contributed by atoms with Gasteiger partial charge in [0, 0.05) is 28.7 Å². The molecule has 1 amide bonds. The lowest BCUT2D eigenvalue weighted by Gasteiger charge is -2.14. The largest absolute Gasteiger partial charge is 0.478 e. The Morgan fingerprint density at radius 1 is 0.923 bits per heavy atom. The molecule has 0 aliphatic rings. The highest BCUT2D eigenvalue weighted by atomic mass is 19.4. The molecule has 39 heavy (non-hydrogen) atoms. The Kier molecular flexibility index (Phi) is 6.48. The molecule has 0 radical (unpaired) electrons. The molecule has 2 aromatic heterocycles. The average Bonchev–Trinajstić information content (AvgIpc) is 3.39.